The number of rotatable bonds is 5. The SMILES string of the molecule is CCOC(=O)c1ccc(NC(=O)[C@@H](N)c2ccccc2)cc1. The second kappa shape index (κ2) is 7.38. The number of hydrogen-bond acceptors (Lipinski definition) is 4. The Hall–Kier alpha value is -2.66. The predicted octanol–water partition coefficient (Wildman–Crippen LogP) is 2.50. The van der Waals surface area contributed by atoms with Gasteiger partial charge in [0.1, 0.15) is 6.04 Å². The Morgan fingerprint density at radius 3 is 2.32 bits per heavy atom. The fraction of sp³-hybridized carbons (Fsp3) is 0.176. The number of anilines is 1. The van der Waals surface area contributed by atoms with Crippen LogP contribution in [0.3, 0.4) is 0 Å². The summed E-state index contributed by atoms with van der Waals surface area (Å²) >= 11 is 0. The first-order valence-corrected chi connectivity index (χ1v) is 7.00. The van der Waals surface area contributed by atoms with Crippen molar-refractivity contribution in [1.82, 2.24) is 0 Å². The molecule has 0 aliphatic heterocycles. The van der Waals surface area contributed by atoms with Gasteiger partial charge in [-0.3, -0.25) is 4.79 Å². The van der Waals surface area contributed by atoms with Crippen LogP contribution in [0.2, 0.25) is 0 Å². The summed E-state index contributed by atoms with van der Waals surface area (Å²) in [6.07, 6.45) is 0. The highest BCUT2D eigenvalue weighted by molar-refractivity contribution is 5.96. The van der Waals surface area contributed by atoms with Crippen LogP contribution in [0.1, 0.15) is 28.9 Å². The molecule has 0 fully saturated rings. The van der Waals surface area contributed by atoms with Crippen molar-refractivity contribution >= 4 is 17.6 Å². The third-order valence-electron chi connectivity index (χ3n) is 3.10. The number of carbonyl (C=O) groups is 2. The summed E-state index contributed by atoms with van der Waals surface area (Å²) in [5, 5.41) is 2.72. The van der Waals surface area contributed by atoms with Gasteiger partial charge < -0.3 is 15.8 Å². The van der Waals surface area contributed by atoms with Crippen molar-refractivity contribution in [2.45, 2.75) is 13.0 Å². The Morgan fingerprint density at radius 2 is 1.73 bits per heavy atom. The van der Waals surface area contributed by atoms with E-state index in [0.29, 0.717) is 17.9 Å². The molecule has 0 aliphatic carbocycles. The third kappa shape index (κ3) is 3.93. The largest absolute Gasteiger partial charge is 0.462 e. The number of esters is 1. The Balaban J connectivity index is 2.01. The summed E-state index contributed by atoms with van der Waals surface area (Å²) in [6.45, 7) is 2.07. The van der Waals surface area contributed by atoms with E-state index < -0.39 is 6.04 Å². The molecule has 5 heteroatoms. The van der Waals surface area contributed by atoms with Crippen molar-refractivity contribution < 1.29 is 14.3 Å². The maximum atomic E-state index is 12.1. The first kappa shape index (κ1) is 15.7. The second-order valence-electron chi connectivity index (χ2n) is 4.68. The second-order valence-corrected chi connectivity index (χ2v) is 4.68. The van der Waals surface area contributed by atoms with E-state index >= 15 is 0 Å². The van der Waals surface area contributed by atoms with Crippen LogP contribution >= 0.6 is 0 Å². The fourth-order valence-electron chi connectivity index (χ4n) is 1.94. The van der Waals surface area contributed by atoms with Crippen LogP contribution in [-0.4, -0.2) is 18.5 Å². The normalized spacial score (nSPS) is 11.5. The van der Waals surface area contributed by atoms with Crippen molar-refractivity contribution in [3.05, 3.63) is 65.7 Å². The zero-order valence-corrected chi connectivity index (χ0v) is 12.3. The molecule has 2 aromatic carbocycles. The molecule has 22 heavy (non-hydrogen) atoms. The lowest BCUT2D eigenvalue weighted by atomic mass is 10.1. The minimum Gasteiger partial charge on any atom is -0.462 e. The minimum atomic E-state index is -0.745. The van der Waals surface area contributed by atoms with E-state index in [0.717, 1.165) is 5.56 Å². The monoisotopic (exact) mass is 298 g/mol. The number of nitrogens with one attached hydrogen (secondary N) is 1. The molecule has 1 atom stereocenters. The van der Waals surface area contributed by atoms with Crippen LogP contribution < -0.4 is 11.1 Å². The smallest absolute Gasteiger partial charge is 0.338 e. The van der Waals surface area contributed by atoms with E-state index in [9.17, 15) is 9.59 Å². The zero-order valence-electron chi connectivity index (χ0n) is 12.3. The Kier molecular flexibility index (Phi) is 5.27. The van der Waals surface area contributed by atoms with Gasteiger partial charge in [-0.1, -0.05) is 30.3 Å². The summed E-state index contributed by atoms with van der Waals surface area (Å²) in [7, 11) is 0. The van der Waals surface area contributed by atoms with Crippen LogP contribution in [0.5, 0.6) is 0 Å². The van der Waals surface area contributed by atoms with Gasteiger partial charge in [-0.15, -0.1) is 0 Å². The maximum Gasteiger partial charge on any atom is 0.338 e. The summed E-state index contributed by atoms with van der Waals surface area (Å²) in [5.74, 6) is -0.698. The quantitative estimate of drug-likeness (QED) is 0.831. The van der Waals surface area contributed by atoms with Gasteiger partial charge >= 0.3 is 5.97 Å². The standard InChI is InChI=1S/C17H18N2O3/c1-2-22-17(21)13-8-10-14(11-9-13)19-16(20)15(18)12-6-4-3-5-7-12/h3-11,15H,2,18H2,1H3,(H,19,20)/t15-/m0/s1. The molecule has 0 radical (unpaired) electrons. The maximum absolute atomic E-state index is 12.1. The van der Waals surface area contributed by atoms with Crippen LogP contribution in [0, 0.1) is 0 Å². The molecule has 5 nitrogen and oxygen atoms in total. The number of benzene rings is 2. The molecule has 0 aliphatic rings. The van der Waals surface area contributed by atoms with E-state index in [4.69, 9.17) is 10.5 Å². The average Bonchev–Trinajstić information content (AvgIpc) is 2.55. The van der Waals surface area contributed by atoms with Gasteiger partial charge in [-0.05, 0) is 36.8 Å². The molecular weight excluding hydrogens is 280 g/mol. The molecule has 0 unspecified atom stereocenters. The van der Waals surface area contributed by atoms with E-state index in [1.54, 1.807) is 43.3 Å². The summed E-state index contributed by atoms with van der Waals surface area (Å²) in [4.78, 5) is 23.6. The highest BCUT2D eigenvalue weighted by Crippen LogP contribution is 2.15. The average molecular weight is 298 g/mol. The fourth-order valence-corrected chi connectivity index (χ4v) is 1.94. The Morgan fingerprint density at radius 1 is 1.09 bits per heavy atom. The van der Waals surface area contributed by atoms with Crippen molar-refractivity contribution in [3.8, 4) is 0 Å². The van der Waals surface area contributed by atoms with Gasteiger partial charge in [0, 0.05) is 5.69 Å². The first-order chi connectivity index (χ1) is 10.6. The van der Waals surface area contributed by atoms with Gasteiger partial charge in [0.15, 0.2) is 0 Å². The van der Waals surface area contributed by atoms with Crippen molar-refractivity contribution in [2.75, 3.05) is 11.9 Å². The van der Waals surface area contributed by atoms with E-state index in [1.165, 1.54) is 0 Å². The summed E-state index contributed by atoms with van der Waals surface area (Å²) in [6, 6.07) is 14.9. The van der Waals surface area contributed by atoms with Crippen LogP contribution in [0.25, 0.3) is 0 Å². The predicted molar refractivity (Wildman–Crippen MR) is 84.4 cm³/mol. The molecular formula is C17H18N2O3. The van der Waals surface area contributed by atoms with E-state index in [2.05, 4.69) is 5.32 Å². The molecule has 2 aromatic rings. The van der Waals surface area contributed by atoms with Gasteiger partial charge in [-0.25, -0.2) is 4.79 Å². The lowest BCUT2D eigenvalue weighted by molar-refractivity contribution is -0.117. The van der Waals surface area contributed by atoms with Crippen LogP contribution in [0.4, 0.5) is 5.69 Å². The zero-order chi connectivity index (χ0) is 15.9. The van der Waals surface area contributed by atoms with Crippen LogP contribution in [0.15, 0.2) is 54.6 Å². The molecule has 1 amide bonds. The molecule has 2 rings (SSSR count). The molecule has 3 N–H and O–H groups in total. The van der Waals surface area contributed by atoms with Gasteiger partial charge in [0.05, 0.1) is 12.2 Å². The molecule has 0 bridgehead atoms. The highest BCUT2D eigenvalue weighted by atomic mass is 16.5. The lowest BCUT2D eigenvalue weighted by Gasteiger charge is -2.12. The molecule has 0 spiro atoms. The molecule has 0 heterocycles. The molecule has 114 valence electrons. The topological polar surface area (TPSA) is 81.4 Å². The number of hydrogen-bond donors (Lipinski definition) is 2. The van der Waals surface area contributed by atoms with Crippen LogP contribution in [-0.2, 0) is 9.53 Å². The Labute approximate surface area is 129 Å². The molecule has 0 saturated heterocycles. The van der Waals surface area contributed by atoms with E-state index in [-0.39, 0.29) is 11.9 Å². The first-order valence-electron chi connectivity index (χ1n) is 7.00. The van der Waals surface area contributed by atoms with Crippen molar-refractivity contribution in [1.29, 1.82) is 0 Å². The number of carbonyl (C=O) groups excluding carboxylic acids is 2. The van der Waals surface area contributed by atoms with E-state index in [1.807, 2.05) is 18.2 Å². The molecule has 0 aromatic heterocycles. The van der Waals surface area contributed by atoms with Gasteiger partial charge in [-0.2, -0.15) is 0 Å². The highest BCUT2D eigenvalue weighted by Gasteiger charge is 2.15. The third-order valence-corrected chi connectivity index (χ3v) is 3.10. The molecule has 0 saturated carbocycles. The summed E-state index contributed by atoms with van der Waals surface area (Å²) < 4.78 is 4.90. The lowest BCUT2D eigenvalue weighted by Crippen LogP contribution is -2.27. The number of nitrogens with two attached hydrogens (primary N) is 1. The van der Waals surface area contributed by atoms with Gasteiger partial charge in [0.25, 0.3) is 0 Å². The van der Waals surface area contributed by atoms with Gasteiger partial charge in [0.2, 0.25) is 5.91 Å². The number of ether oxygens (including phenoxy) is 1. The number of amides is 1. The summed E-state index contributed by atoms with van der Waals surface area (Å²) in [5.41, 5.74) is 7.67. The van der Waals surface area contributed by atoms with Crippen molar-refractivity contribution in [2.24, 2.45) is 5.73 Å². The minimum absolute atomic E-state index is 0.310. The van der Waals surface area contributed by atoms with Crippen molar-refractivity contribution in [3.63, 3.8) is 0 Å². The Bertz CT molecular complexity index is 639.